The van der Waals surface area contributed by atoms with Gasteiger partial charge < -0.3 is 0 Å². The van der Waals surface area contributed by atoms with E-state index in [1.807, 2.05) is 30.5 Å². The number of nitrogens with zero attached hydrogens (tertiary/aromatic N) is 1. The molecule has 21 heavy (non-hydrogen) atoms. The molecule has 0 aromatic heterocycles. The summed E-state index contributed by atoms with van der Waals surface area (Å²) in [6, 6.07) is 14.1. The Labute approximate surface area is 135 Å². The van der Waals surface area contributed by atoms with Crippen LogP contribution in [-0.2, 0) is 16.6 Å². The van der Waals surface area contributed by atoms with E-state index in [2.05, 4.69) is 0 Å². The van der Waals surface area contributed by atoms with Gasteiger partial charge in [-0.3, -0.25) is 0 Å². The van der Waals surface area contributed by atoms with Crippen LogP contribution in [0.25, 0.3) is 0 Å². The van der Waals surface area contributed by atoms with Crippen molar-refractivity contribution in [3.05, 3.63) is 59.1 Å². The van der Waals surface area contributed by atoms with Crippen LogP contribution in [0, 0.1) is 0 Å². The molecule has 2 rings (SSSR count). The van der Waals surface area contributed by atoms with Crippen LogP contribution in [0.15, 0.2) is 58.3 Å². The van der Waals surface area contributed by atoms with E-state index in [1.54, 1.807) is 30.9 Å². The number of rotatable bonds is 5. The molecule has 0 spiro atoms. The second-order valence-electron chi connectivity index (χ2n) is 4.56. The molecule has 0 aliphatic carbocycles. The Hall–Kier alpha value is -1.01. The Morgan fingerprint density at radius 2 is 1.62 bits per heavy atom. The topological polar surface area (TPSA) is 37.4 Å². The number of benzene rings is 2. The summed E-state index contributed by atoms with van der Waals surface area (Å²) in [6.45, 7) is 0.333. The lowest BCUT2D eigenvalue weighted by molar-refractivity contribution is 0.466. The first-order valence-corrected chi connectivity index (χ1v) is 9.32. The van der Waals surface area contributed by atoms with Crippen molar-refractivity contribution >= 4 is 33.4 Å². The fraction of sp³-hybridized carbons (Fsp3) is 0.200. The molecule has 0 unspecified atom stereocenters. The fourth-order valence-corrected chi connectivity index (χ4v) is 3.55. The van der Waals surface area contributed by atoms with Crippen molar-refractivity contribution in [2.45, 2.75) is 16.3 Å². The first-order valence-electron chi connectivity index (χ1n) is 6.28. The van der Waals surface area contributed by atoms with Crippen LogP contribution in [0.5, 0.6) is 0 Å². The van der Waals surface area contributed by atoms with E-state index in [4.69, 9.17) is 11.6 Å². The second-order valence-corrected chi connectivity index (χ2v) is 7.92. The zero-order valence-electron chi connectivity index (χ0n) is 11.8. The van der Waals surface area contributed by atoms with Crippen molar-refractivity contribution in [3.8, 4) is 0 Å². The minimum atomic E-state index is -3.50. The van der Waals surface area contributed by atoms with Crippen molar-refractivity contribution in [1.82, 2.24) is 4.31 Å². The van der Waals surface area contributed by atoms with E-state index in [0.717, 1.165) is 10.5 Å². The molecule has 0 amide bonds. The number of hydrogen-bond acceptors (Lipinski definition) is 3. The highest BCUT2D eigenvalue weighted by Gasteiger charge is 2.20. The molecule has 0 saturated heterocycles. The van der Waals surface area contributed by atoms with Crippen molar-refractivity contribution in [2.75, 3.05) is 13.3 Å². The first kappa shape index (κ1) is 16.4. The van der Waals surface area contributed by atoms with E-state index < -0.39 is 10.0 Å². The molecule has 0 atom stereocenters. The smallest absolute Gasteiger partial charge is 0.207 e. The predicted molar refractivity (Wildman–Crippen MR) is 88.3 cm³/mol. The molecule has 2 aromatic carbocycles. The van der Waals surface area contributed by atoms with Crippen LogP contribution in [0.2, 0.25) is 5.02 Å². The first-order chi connectivity index (χ1) is 9.93. The van der Waals surface area contributed by atoms with Crippen LogP contribution in [-0.4, -0.2) is 26.0 Å². The molecule has 0 saturated carbocycles. The van der Waals surface area contributed by atoms with Gasteiger partial charge in [0.1, 0.15) is 0 Å². The summed E-state index contributed by atoms with van der Waals surface area (Å²) in [5.74, 6) is 0. The lowest BCUT2D eigenvalue weighted by atomic mass is 10.2. The minimum absolute atomic E-state index is 0.245. The Bertz CT molecular complexity index is 697. The molecular formula is C15H16ClNO2S2. The molecule has 112 valence electrons. The Kier molecular flexibility index (Phi) is 5.32. The summed E-state index contributed by atoms with van der Waals surface area (Å²) >= 11 is 7.45. The van der Waals surface area contributed by atoms with Gasteiger partial charge in [-0.15, -0.1) is 11.8 Å². The number of sulfonamides is 1. The fourth-order valence-electron chi connectivity index (χ4n) is 1.86. The van der Waals surface area contributed by atoms with Gasteiger partial charge in [0.25, 0.3) is 0 Å². The Morgan fingerprint density at radius 3 is 2.14 bits per heavy atom. The lowest BCUT2D eigenvalue weighted by Crippen LogP contribution is -2.26. The molecule has 0 aliphatic rings. The van der Waals surface area contributed by atoms with E-state index in [9.17, 15) is 8.42 Å². The van der Waals surface area contributed by atoms with Gasteiger partial charge in [0.2, 0.25) is 10.0 Å². The zero-order valence-corrected chi connectivity index (χ0v) is 14.2. The summed E-state index contributed by atoms with van der Waals surface area (Å²) in [5.41, 5.74) is 0.952. The van der Waals surface area contributed by atoms with E-state index >= 15 is 0 Å². The van der Waals surface area contributed by atoms with Gasteiger partial charge in [0, 0.05) is 23.5 Å². The predicted octanol–water partition coefficient (Wildman–Crippen LogP) is 3.88. The van der Waals surface area contributed by atoms with Gasteiger partial charge in [-0.25, -0.2) is 8.42 Å². The highest BCUT2D eigenvalue weighted by molar-refractivity contribution is 7.98. The van der Waals surface area contributed by atoms with Crippen LogP contribution in [0.1, 0.15) is 5.56 Å². The summed E-state index contributed by atoms with van der Waals surface area (Å²) in [6.07, 6.45) is 2.01. The molecule has 3 nitrogen and oxygen atoms in total. The monoisotopic (exact) mass is 341 g/mol. The average Bonchev–Trinajstić information content (AvgIpc) is 2.48. The summed E-state index contributed by atoms with van der Waals surface area (Å²) in [7, 11) is -1.92. The highest BCUT2D eigenvalue weighted by atomic mass is 35.5. The number of halogens is 1. The molecule has 2 aromatic rings. The van der Waals surface area contributed by atoms with Gasteiger partial charge in [-0.2, -0.15) is 4.31 Å². The quantitative estimate of drug-likeness (QED) is 0.774. The zero-order chi connectivity index (χ0) is 15.5. The summed E-state index contributed by atoms with van der Waals surface area (Å²) < 4.78 is 26.2. The number of thioether (sulfide) groups is 1. The van der Waals surface area contributed by atoms with Gasteiger partial charge in [-0.1, -0.05) is 23.7 Å². The van der Waals surface area contributed by atoms with Crippen LogP contribution < -0.4 is 0 Å². The third kappa shape index (κ3) is 4.01. The van der Waals surface area contributed by atoms with Crippen LogP contribution >= 0.6 is 23.4 Å². The van der Waals surface area contributed by atoms with E-state index in [0.29, 0.717) is 11.6 Å². The number of hydrogen-bond donors (Lipinski definition) is 0. The molecule has 0 fully saturated rings. The van der Waals surface area contributed by atoms with Gasteiger partial charge in [-0.05, 0) is 48.2 Å². The van der Waals surface area contributed by atoms with Crippen molar-refractivity contribution in [2.24, 2.45) is 0 Å². The molecule has 0 bridgehead atoms. The van der Waals surface area contributed by atoms with E-state index in [-0.39, 0.29) is 4.90 Å². The van der Waals surface area contributed by atoms with Crippen LogP contribution in [0.4, 0.5) is 0 Å². The largest absolute Gasteiger partial charge is 0.243 e. The Morgan fingerprint density at radius 1 is 1.05 bits per heavy atom. The molecule has 0 heterocycles. The normalized spacial score (nSPS) is 11.8. The van der Waals surface area contributed by atoms with Crippen molar-refractivity contribution < 1.29 is 8.42 Å². The Balaban J connectivity index is 2.17. The van der Waals surface area contributed by atoms with Crippen molar-refractivity contribution in [1.29, 1.82) is 0 Å². The van der Waals surface area contributed by atoms with E-state index in [1.165, 1.54) is 16.4 Å². The maximum atomic E-state index is 12.4. The van der Waals surface area contributed by atoms with Crippen molar-refractivity contribution in [3.63, 3.8) is 0 Å². The molecular weight excluding hydrogens is 326 g/mol. The van der Waals surface area contributed by atoms with Gasteiger partial charge in [0.15, 0.2) is 0 Å². The third-order valence-corrected chi connectivity index (χ3v) is 5.90. The second kappa shape index (κ2) is 6.83. The summed E-state index contributed by atoms with van der Waals surface area (Å²) in [5, 5.41) is 0.518. The maximum absolute atomic E-state index is 12.4. The standard InChI is InChI=1S/C15H16ClNO2S2/c1-17(11-12-3-7-14(20-2)8-4-12)21(18,19)15-9-5-13(16)6-10-15/h3-10H,11H2,1-2H3. The maximum Gasteiger partial charge on any atom is 0.243 e. The summed E-state index contributed by atoms with van der Waals surface area (Å²) in [4.78, 5) is 1.40. The third-order valence-electron chi connectivity index (χ3n) is 3.09. The SMILES string of the molecule is CSc1ccc(CN(C)S(=O)(=O)c2ccc(Cl)cc2)cc1. The minimum Gasteiger partial charge on any atom is -0.207 e. The highest BCUT2D eigenvalue weighted by Crippen LogP contribution is 2.20. The molecule has 0 N–H and O–H groups in total. The van der Waals surface area contributed by atoms with Gasteiger partial charge in [0.05, 0.1) is 4.90 Å². The van der Waals surface area contributed by atoms with Gasteiger partial charge >= 0.3 is 0 Å². The lowest BCUT2D eigenvalue weighted by Gasteiger charge is -2.17. The molecule has 6 heteroatoms. The van der Waals surface area contributed by atoms with Crippen LogP contribution in [0.3, 0.4) is 0 Å². The molecule has 0 radical (unpaired) electrons. The average molecular weight is 342 g/mol. The molecule has 0 aliphatic heterocycles.